The summed E-state index contributed by atoms with van der Waals surface area (Å²) in [5, 5.41) is 1.55. The van der Waals surface area contributed by atoms with Gasteiger partial charge in [-0.3, -0.25) is 4.99 Å². The Kier molecular flexibility index (Phi) is 8.64. The predicted molar refractivity (Wildman–Crippen MR) is 206 cm³/mol. The molecule has 0 unspecified atom stereocenters. The molecule has 2 heterocycles. The van der Waals surface area contributed by atoms with Crippen LogP contribution in [0.25, 0.3) is 0 Å². The summed E-state index contributed by atoms with van der Waals surface area (Å²) in [4.78, 5) is 10.1. The summed E-state index contributed by atoms with van der Waals surface area (Å²) in [6.45, 7) is 12.3. The largest absolute Gasteiger partial charge is 0.344 e. The Morgan fingerprint density at radius 2 is 1.35 bits per heavy atom. The van der Waals surface area contributed by atoms with Gasteiger partial charge in [0, 0.05) is 61.6 Å². The van der Waals surface area contributed by atoms with Gasteiger partial charge in [0.05, 0.1) is 5.69 Å². The summed E-state index contributed by atoms with van der Waals surface area (Å²) in [6, 6.07) is 34.0. The number of likely N-dealkylation sites (N-methyl/N-ethyl adjacent to an activating group) is 1. The van der Waals surface area contributed by atoms with E-state index < -0.39 is 0 Å². The molecule has 4 aromatic rings. The van der Waals surface area contributed by atoms with Gasteiger partial charge in [0.25, 0.3) is 0 Å². The molecule has 1 aliphatic carbocycles. The van der Waals surface area contributed by atoms with Crippen LogP contribution in [0, 0.1) is 0 Å². The van der Waals surface area contributed by atoms with Crippen molar-refractivity contribution in [3.63, 3.8) is 0 Å². The summed E-state index contributed by atoms with van der Waals surface area (Å²) in [5.74, 6) is 0. The third kappa shape index (κ3) is 5.71. The van der Waals surface area contributed by atoms with Gasteiger partial charge in [0.1, 0.15) is 0 Å². The summed E-state index contributed by atoms with van der Waals surface area (Å²) < 4.78 is 0. The van der Waals surface area contributed by atoms with Crippen LogP contribution in [0.15, 0.2) is 137 Å². The zero-order chi connectivity index (χ0) is 33.6. The van der Waals surface area contributed by atoms with E-state index in [0.717, 1.165) is 59.3 Å². The maximum Gasteiger partial charge on any atom is 0.0671 e. The second-order valence-electron chi connectivity index (χ2n) is 14.1. The van der Waals surface area contributed by atoms with Crippen LogP contribution in [0.4, 0.5) is 22.7 Å². The lowest BCUT2D eigenvalue weighted by atomic mass is 9.79. The first-order chi connectivity index (χ1) is 23.1. The number of hydrogen-bond donors (Lipinski definition) is 0. The van der Waals surface area contributed by atoms with Crippen LogP contribution in [0.1, 0.15) is 71.4 Å². The van der Waals surface area contributed by atoms with Gasteiger partial charge >= 0.3 is 0 Å². The molecule has 0 amide bonds. The third-order valence-corrected chi connectivity index (χ3v) is 10.9. The first kappa shape index (κ1) is 32.5. The van der Waals surface area contributed by atoms with Crippen LogP contribution in [-0.2, 0) is 10.8 Å². The molecule has 48 heavy (non-hydrogen) atoms. The Bertz CT molecular complexity index is 1940. The summed E-state index contributed by atoms with van der Waals surface area (Å²) in [7, 11) is 0. The Labute approximate surface area is 295 Å². The van der Waals surface area contributed by atoms with Crippen LogP contribution in [0.3, 0.4) is 0 Å². The second-order valence-corrected chi connectivity index (χ2v) is 15.0. The Morgan fingerprint density at radius 1 is 0.729 bits per heavy atom. The summed E-state index contributed by atoms with van der Waals surface area (Å²) in [5.41, 5.74) is 13.4. The number of anilines is 3. The second kappa shape index (κ2) is 12.8. The van der Waals surface area contributed by atoms with Crippen molar-refractivity contribution in [3.8, 4) is 0 Å². The number of para-hydroxylation sites is 2. The number of halogens is 2. The summed E-state index contributed by atoms with van der Waals surface area (Å²) >= 11 is 12.9. The highest BCUT2D eigenvalue weighted by molar-refractivity contribution is 6.31. The first-order valence-corrected chi connectivity index (χ1v) is 17.8. The van der Waals surface area contributed by atoms with E-state index in [2.05, 4.69) is 141 Å². The lowest BCUT2D eigenvalue weighted by Gasteiger charge is -2.30. The van der Waals surface area contributed by atoms with Crippen LogP contribution in [0.2, 0.25) is 10.0 Å². The van der Waals surface area contributed by atoms with Crippen LogP contribution in [-0.4, -0.2) is 12.3 Å². The first-order valence-electron chi connectivity index (χ1n) is 17.1. The number of benzene rings is 4. The van der Waals surface area contributed by atoms with Crippen molar-refractivity contribution in [1.82, 2.24) is 0 Å². The van der Waals surface area contributed by atoms with Crippen molar-refractivity contribution in [2.75, 3.05) is 16.3 Å². The van der Waals surface area contributed by atoms with Crippen LogP contribution in [0.5, 0.6) is 0 Å². The van der Waals surface area contributed by atoms with E-state index in [1.54, 1.807) is 0 Å². The molecule has 0 saturated carbocycles. The van der Waals surface area contributed by atoms with Gasteiger partial charge in [0.15, 0.2) is 0 Å². The predicted octanol–water partition coefficient (Wildman–Crippen LogP) is 12.7. The topological polar surface area (TPSA) is 18.8 Å². The monoisotopic (exact) mass is 671 g/mol. The van der Waals surface area contributed by atoms with Crippen molar-refractivity contribution >= 4 is 51.7 Å². The van der Waals surface area contributed by atoms with Crippen molar-refractivity contribution in [3.05, 3.63) is 153 Å². The SMILES string of the molecule is CCN1/C(=C/C=C2\CCC(CCC3=Nc4ccc(Cl)cc4C3(C)C)=C2N(c2ccccc2)c2ccccc2)C(C)(C)c2cc(Cl)ccc21. The number of fused-ring (bicyclic) bond motifs is 2. The molecule has 244 valence electrons. The lowest BCUT2D eigenvalue weighted by molar-refractivity contribution is 0.634. The van der Waals surface area contributed by atoms with Gasteiger partial charge in [0.2, 0.25) is 0 Å². The fourth-order valence-electron chi connectivity index (χ4n) is 7.87. The molecule has 0 saturated heterocycles. The maximum atomic E-state index is 6.51. The zero-order valence-corrected chi connectivity index (χ0v) is 30.0. The third-order valence-electron chi connectivity index (χ3n) is 10.5. The fraction of sp³-hybridized carbons (Fsp3) is 0.279. The molecule has 0 fully saturated rings. The molecule has 2 aliphatic heterocycles. The van der Waals surface area contributed by atoms with Gasteiger partial charge in [-0.25, -0.2) is 0 Å². The van der Waals surface area contributed by atoms with E-state index in [1.807, 2.05) is 12.1 Å². The molecule has 0 N–H and O–H groups in total. The normalized spacial score (nSPS) is 19.2. The average Bonchev–Trinajstić information content (AvgIpc) is 3.66. The number of allylic oxidation sites excluding steroid dienone is 5. The molecule has 3 aliphatic rings. The van der Waals surface area contributed by atoms with Gasteiger partial charge in [-0.2, -0.15) is 0 Å². The lowest BCUT2D eigenvalue weighted by Crippen LogP contribution is -2.26. The maximum absolute atomic E-state index is 6.51. The van der Waals surface area contributed by atoms with Crippen molar-refractivity contribution in [2.45, 2.75) is 71.1 Å². The van der Waals surface area contributed by atoms with Gasteiger partial charge in [-0.05, 0) is 122 Å². The van der Waals surface area contributed by atoms with Crippen LogP contribution >= 0.6 is 23.2 Å². The highest BCUT2D eigenvalue weighted by Gasteiger charge is 2.40. The molecule has 3 nitrogen and oxygen atoms in total. The molecule has 0 spiro atoms. The van der Waals surface area contributed by atoms with E-state index >= 15 is 0 Å². The highest BCUT2D eigenvalue weighted by atomic mass is 35.5. The number of aliphatic imine (C=N–C) groups is 1. The van der Waals surface area contributed by atoms with E-state index in [1.165, 1.54) is 45.1 Å². The Balaban J connectivity index is 1.32. The number of nitrogens with zero attached hydrogens (tertiary/aromatic N) is 3. The van der Waals surface area contributed by atoms with E-state index in [9.17, 15) is 0 Å². The van der Waals surface area contributed by atoms with Gasteiger partial charge in [-0.1, -0.05) is 93.4 Å². The molecule has 7 rings (SSSR count). The van der Waals surface area contributed by atoms with E-state index in [-0.39, 0.29) is 10.8 Å². The smallest absolute Gasteiger partial charge is 0.0671 e. The highest BCUT2D eigenvalue weighted by Crippen LogP contribution is 2.50. The molecule has 5 heteroatoms. The molecule has 0 bridgehead atoms. The number of hydrogen-bond acceptors (Lipinski definition) is 3. The fourth-order valence-corrected chi connectivity index (χ4v) is 8.21. The standard InChI is InChI=1S/C43H43Cl2N3/c1-6-47-38-24-22-32(45)28-36(38)43(4,5)40(47)26-20-30-18-17-29(19-25-39-42(2,3)35-27-31(44)21-23-37(35)46-39)41(30)48(33-13-9-7-10-14-33)34-15-11-8-12-16-34/h7-16,20-24,26-28H,6,17-19,25H2,1-5H3/b30-20+,40-26+. The Hall–Kier alpha value is -4.05. The zero-order valence-electron chi connectivity index (χ0n) is 28.5. The Morgan fingerprint density at radius 3 is 2.00 bits per heavy atom. The van der Waals surface area contributed by atoms with Crippen molar-refractivity contribution in [2.24, 2.45) is 4.99 Å². The molecular weight excluding hydrogens is 629 g/mol. The minimum atomic E-state index is -0.165. The van der Waals surface area contributed by atoms with Crippen molar-refractivity contribution < 1.29 is 0 Å². The number of rotatable bonds is 8. The van der Waals surface area contributed by atoms with Crippen molar-refractivity contribution in [1.29, 1.82) is 0 Å². The van der Waals surface area contributed by atoms with Crippen LogP contribution < -0.4 is 9.80 Å². The molecular formula is C43H43Cl2N3. The minimum Gasteiger partial charge on any atom is -0.344 e. The van der Waals surface area contributed by atoms with E-state index in [4.69, 9.17) is 28.2 Å². The molecule has 0 atom stereocenters. The van der Waals surface area contributed by atoms with E-state index in [0.29, 0.717) is 0 Å². The minimum absolute atomic E-state index is 0.156. The average molecular weight is 673 g/mol. The molecule has 0 aromatic heterocycles. The quantitative estimate of drug-likeness (QED) is 0.186. The van der Waals surface area contributed by atoms with Gasteiger partial charge < -0.3 is 9.80 Å². The molecule has 4 aromatic carbocycles. The molecule has 0 radical (unpaired) electrons. The van der Waals surface area contributed by atoms with Gasteiger partial charge in [-0.15, -0.1) is 0 Å². The summed E-state index contributed by atoms with van der Waals surface area (Å²) in [6.07, 6.45) is 8.61.